The van der Waals surface area contributed by atoms with Crippen molar-refractivity contribution in [2.45, 2.75) is 143 Å². The van der Waals surface area contributed by atoms with Crippen molar-refractivity contribution in [3.63, 3.8) is 0 Å². The Balaban J connectivity index is 0.000000211. The molecule has 16 nitrogen and oxygen atoms in total. The molecule has 0 bridgehead atoms. The molecule has 0 saturated heterocycles. The second kappa shape index (κ2) is 32.0. The predicted octanol–water partition coefficient (Wildman–Crippen LogP) is 18.1. The highest BCUT2D eigenvalue weighted by molar-refractivity contribution is 5.96. The molecule has 0 amide bonds. The number of phenolic OH excluding ortho intramolecular Hbond substituents is 6. The number of aromatic hydroxyl groups is 6. The number of rotatable bonds is 16. The molecule has 0 unspecified atom stereocenters. The van der Waals surface area contributed by atoms with Crippen molar-refractivity contribution >= 4 is 72.9 Å². The highest BCUT2D eigenvalue weighted by Gasteiger charge is 2.32. The Kier molecular flexibility index (Phi) is 25.4. The fourth-order valence-corrected chi connectivity index (χ4v) is 7.97. The van der Waals surface area contributed by atoms with Gasteiger partial charge in [-0.1, -0.05) is 113 Å². The highest BCUT2D eigenvalue weighted by atomic mass is 16.6. The first-order valence-corrected chi connectivity index (χ1v) is 31.1. The Labute approximate surface area is 545 Å². The Bertz CT molecular complexity index is 4020. The number of ether oxygens (including phenoxy) is 5. The zero-order valence-electron chi connectivity index (χ0n) is 56.1. The molecule has 9 aromatic rings. The molecule has 9 aromatic carbocycles. The van der Waals surface area contributed by atoms with E-state index < -0.39 is 27.1 Å². The number of hydrogen-bond acceptors (Lipinski definition) is 16. The van der Waals surface area contributed by atoms with Crippen LogP contribution in [0.2, 0.25) is 0 Å². The number of hydrogen-bond donors (Lipinski definition) is 6. The zero-order valence-corrected chi connectivity index (χ0v) is 56.1. The van der Waals surface area contributed by atoms with E-state index in [2.05, 4.69) is 0 Å². The highest BCUT2D eigenvalue weighted by Crippen LogP contribution is 2.37. The summed E-state index contributed by atoms with van der Waals surface area (Å²) in [6, 6.07) is 46.3. The molecule has 0 radical (unpaired) electrons. The number of fused-ring (bicyclic) bond motifs is 4. The Morgan fingerprint density at radius 3 is 1.23 bits per heavy atom. The van der Waals surface area contributed by atoms with Crippen LogP contribution in [-0.4, -0.2) is 60.5 Å². The molecule has 0 atom stereocenters. The van der Waals surface area contributed by atoms with Crippen LogP contribution >= 0.6 is 0 Å². The van der Waals surface area contributed by atoms with Crippen LogP contribution in [0.3, 0.4) is 0 Å². The summed E-state index contributed by atoms with van der Waals surface area (Å²) in [5.74, 6) is 1.17. The van der Waals surface area contributed by atoms with Crippen molar-refractivity contribution in [2.75, 3.05) is 0 Å². The second-order valence-electron chi connectivity index (χ2n) is 25.8. The van der Waals surface area contributed by atoms with E-state index in [0.29, 0.717) is 58.6 Å². The molecule has 0 aromatic heterocycles. The molecule has 0 spiro atoms. The lowest BCUT2D eigenvalue weighted by Gasteiger charge is -2.20. The number of esters is 5. The molecule has 9 rings (SSSR count). The Morgan fingerprint density at radius 2 is 0.699 bits per heavy atom. The molecule has 0 aliphatic heterocycles. The van der Waals surface area contributed by atoms with E-state index in [1.165, 1.54) is 12.1 Å². The van der Waals surface area contributed by atoms with Crippen molar-refractivity contribution < 1.29 is 78.3 Å². The first kappa shape index (κ1) is 73.9. The third kappa shape index (κ3) is 20.1. The maximum Gasteiger partial charge on any atom is 0.316 e. The van der Waals surface area contributed by atoms with Gasteiger partial charge in [0.1, 0.15) is 52.6 Å². The summed E-state index contributed by atoms with van der Waals surface area (Å²) in [6.07, 6.45) is 3.57. The summed E-state index contributed by atoms with van der Waals surface area (Å²) in [4.78, 5) is 59.9. The van der Waals surface area contributed by atoms with Gasteiger partial charge in [-0.2, -0.15) is 0 Å². The van der Waals surface area contributed by atoms with Crippen molar-refractivity contribution in [2.24, 2.45) is 27.1 Å². The fraction of sp³-hybridized carbons (Fsp3) is 0.338. The Morgan fingerprint density at radius 1 is 0.312 bits per heavy atom. The quantitative estimate of drug-likeness (QED) is 0.0299. The average molecular weight is 1270 g/mol. The molecule has 494 valence electrons. The number of carbonyl (C=O) groups excluding carboxylic acids is 5. The van der Waals surface area contributed by atoms with E-state index in [9.17, 15) is 49.5 Å². The largest absolute Gasteiger partial charge is 0.508 e. The standard InChI is InChI=1S/4C16H18O3.C13H18O4/c1-4-16(2,3)15(18)19-14-10-6-7-11-12(14)8-5-9-13(11)17;1-4-16(2,3)15(18)19-14-8-6-11-9-13(17)7-5-12(11)10-14;1-4-16(2,3)15(18)19-12-8-9-13-11(10-12)6-5-7-14(13)17;1-4-16(2,3)15(18)19-14-10-9-13(17)11-7-5-6-8-12(11)14;1-4-13(2,3)12(16)17-8-9-5-6-10(14)11(15)7-9/h4*5-10,17H,4H2,1-3H3;5-7,14-15H,4,8H2,1-3H3. The van der Waals surface area contributed by atoms with Gasteiger partial charge in [-0.25, -0.2) is 0 Å². The van der Waals surface area contributed by atoms with Gasteiger partial charge in [-0.05, 0) is 208 Å². The van der Waals surface area contributed by atoms with Gasteiger partial charge in [0.15, 0.2) is 11.5 Å². The van der Waals surface area contributed by atoms with Gasteiger partial charge in [-0.3, -0.25) is 24.0 Å². The molecule has 0 aliphatic carbocycles. The maximum absolute atomic E-state index is 12.1. The van der Waals surface area contributed by atoms with Crippen LogP contribution in [0.1, 0.15) is 142 Å². The summed E-state index contributed by atoms with van der Waals surface area (Å²) >= 11 is 0. The lowest BCUT2D eigenvalue weighted by molar-refractivity contribution is -0.155. The maximum atomic E-state index is 12.1. The molecule has 6 N–H and O–H groups in total. The van der Waals surface area contributed by atoms with Crippen LogP contribution < -0.4 is 18.9 Å². The van der Waals surface area contributed by atoms with Crippen LogP contribution in [0.5, 0.6) is 57.5 Å². The predicted molar refractivity (Wildman–Crippen MR) is 365 cm³/mol. The topological polar surface area (TPSA) is 253 Å². The summed E-state index contributed by atoms with van der Waals surface area (Å²) in [5.41, 5.74) is -1.87. The van der Waals surface area contributed by atoms with Crippen LogP contribution in [0.4, 0.5) is 0 Å². The summed E-state index contributed by atoms with van der Waals surface area (Å²) < 4.78 is 26.9. The first-order chi connectivity index (χ1) is 43.6. The minimum atomic E-state index is -0.515. The molecule has 0 fully saturated rings. The number of benzene rings is 9. The SMILES string of the molecule is CCC(C)(C)C(=O)OCc1ccc(O)c(O)c1.CCC(C)(C)C(=O)Oc1ccc(O)c2ccccc12.CCC(C)(C)C(=O)Oc1ccc2c(O)cccc2c1.CCC(C)(C)C(=O)Oc1ccc2cc(O)ccc2c1.CCC(C)(C)C(=O)Oc1cccc2c(O)cccc12. The smallest absolute Gasteiger partial charge is 0.316 e. The van der Waals surface area contributed by atoms with Gasteiger partial charge in [0.2, 0.25) is 0 Å². The Hall–Kier alpha value is -9.83. The van der Waals surface area contributed by atoms with Crippen molar-refractivity contribution in [1.82, 2.24) is 0 Å². The van der Waals surface area contributed by atoms with Crippen molar-refractivity contribution in [3.8, 4) is 57.5 Å². The molecular weight excluding hydrogens is 1180 g/mol. The second-order valence-corrected chi connectivity index (χ2v) is 25.8. The molecule has 0 heterocycles. The minimum absolute atomic E-state index is 0.0934. The number of carbonyl (C=O) groups is 5. The van der Waals surface area contributed by atoms with E-state index in [1.54, 1.807) is 115 Å². The fourth-order valence-electron chi connectivity index (χ4n) is 7.97. The van der Waals surface area contributed by atoms with E-state index in [-0.39, 0.29) is 71.0 Å². The minimum Gasteiger partial charge on any atom is -0.508 e. The van der Waals surface area contributed by atoms with E-state index >= 15 is 0 Å². The van der Waals surface area contributed by atoms with E-state index in [0.717, 1.165) is 45.2 Å². The lowest BCUT2D eigenvalue weighted by atomic mass is 9.90. The average Bonchev–Trinajstić information content (AvgIpc) is 0.894. The normalized spacial score (nSPS) is 11.5. The van der Waals surface area contributed by atoms with Gasteiger partial charge < -0.3 is 54.3 Å². The van der Waals surface area contributed by atoms with Gasteiger partial charge in [0, 0.05) is 26.9 Å². The van der Waals surface area contributed by atoms with Crippen LogP contribution in [0.25, 0.3) is 43.1 Å². The first-order valence-electron chi connectivity index (χ1n) is 31.1. The van der Waals surface area contributed by atoms with E-state index in [1.807, 2.05) is 140 Å². The summed E-state index contributed by atoms with van der Waals surface area (Å²) in [5, 5.41) is 63.4. The molecule has 16 heteroatoms. The van der Waals surface area contributed by atoms with Crippen LogP contribution in [0.15, 0.2) is 164 Å². The molecular formula is C77H90O16. The van der Waals surface area contributed by atoms with Gasteiger partial charge in [0.25, 0.3) is 0 Å². The molecule has 0 aliphatic rings. The molecule has 0 saturated carbocycles. The van der Waals surface area contributed by atoms with Crippen LogP contribution in [-0.2, 0) is 35.3 Å². The number of phenols is 6. The van der Waals surface area contributed by atoms with E-state index in [4.69, 9.17) is 28.8 Å². The summed E-state index contributed by atoms with van der Waals surface area (Å²) in [6.45, 7) is 28.4. The van der Waals surface area contributed by atoms with Crippen LogP contribution in [0, 0.1) is 27.1 Å². The molecule has 93 heavy (non-hydrogen) atoms. The van der Waals surface area contributed by atoms with Crippen molar-refractivity contribution in [3.05, 3.63) is 169 Å². The third-order valence-corrected chi connectivity index (χ3v) is 16.8. The van der Waals surface area contributed by atoms with Gasteiger partial charge >= 0.3 is 29.8 Å². The zero-order chi connectivity index (χ0) is 69.2. The van der Waals surface area contributed by atoms with Crippen molar-refractivity contribution in [1.29, 1.82) is 0 Å². The summed E-state index contributed by atoms with van der Waals surface area (Å²) in [7, 11) is 0. The third-order valence-electron chi connectivity index (χ3n) is 16.8. The van der Waals surface area contributed by atoms with Gasteiger partial charge in [0.05, 0.1) is 27.1 Å². The monoisotopic (exact) mass is 1270 g/mol. The lowest BCUT2D eigenvalue weighted by Crippen LogP contribution is -2.28. The van der Waals surface area contributed by atoms with Gasteiger partial charge in [-0.15, -0.1) is 0 Å².